The van der Waals surface area contributed by atoms with Crippen LogP contribution in [0.3, 0.4) is 0 Å². The van der Waals surface area contributed by atoms with Gasteiger partial charge in [-0.15, -0.1) is 0 Å². The summed E-state index contributed by atoms with van der Waals surface area (Å²) >= 11 is 0. The van der Waals surface area contributed by atoms with E-state index < -0.39 is 0 Å². The molecule has 26 heavy (non-hydrogen) atoms. The number of H-pyrrole nitrogens is 1. The number of benzene rings is 2. The van der Waals surface area contributed by atoms with E-state index in [0.29, 0.717) is 19.5 Å². The molecule has 4 rings (SSSR count). The van der Waals surface area contributed by atoms with Crippen LogP contribution in [-0.2, 0) is 11.2 Å². The summed E-state index contributed by atoms with van der Waals surface area (Å²) in [4.78, 5) is 17.6. The van der Waals surface area contributed by atoms with E-state index in [0.717, 1.165) is 28.5 Å². The van der Waals surface area contributed by atoms with Gasteiger partial charge in [-0.25, -0.2) is 4.39 Å². The van der Waals surface area contributed by atoms with E-state index >= 15 is 0 Å². The molecule has 0 radical (unpaired) electrons. The Bertz CT molecular complexity index is 985. The fourth-order valence-corrected chi connectivity index (χ4v) is 3.49. The first-order valence-corrected chi connectivity index (χ1v) is 8.89. The zero-order valence-corrected chi connectivity index (χ0v) is 14.8. The Balaban J connectivity index is 1.48. The molecule has 0 saturated heterocycles. The van der Waals surface area contributed by atoms with Gasteiger partial charge in [-0.3, -0.25) is 4.79 Å². The second-order valence-electron chi connectivity index (χ2n) is 6.87. The molecule has 132 valence electrons. The van der Waals surface area contributed by atoms with Crippen molar-refractivity contribution in [2.75, 3.05) is 13.1 Å². The van der Waals surface area contributed by atoms with Crippen LogP contribution in [0.2, 0.25) is 0 Å². The first-order valence-electron chi connectivity index (χ1n) is 8.89. The van der Waals surface area contributed by atoms with Gasteiger partial charge in [-0.2, -0.15) is 0 Å². The zero-order valence-electron chi connectivity index (χ0n) is 14.8. The summed E-state index contributed by atoms with van der Waals surface area (Å²) in [7, 11) is 0. The van der Waals surface area contributed by atoms with Crippen LogP contribution in [0.25, 0.3) is 16.5 Å². The van der Waals surface area contributed by atoms with Crippen LogP contribution in [0.5, 0.6) is 0 Å². The van der Waals surface area contributed by atoms with Crippen molar-refractivity contribution in [1.82, 2.24) is 9.88 Å². The minimum Gasteiger partial charge on any atom is -0.361 e. The molecule has 0 fully saturated rings. The monoisotopic (exact) mass is 348 g/mol. The number of nitrogens with zero attached hydrogens (tertiary/aromatic N) is 1. The predicted octanol–water partition coefficient (Wildman–Crippen LogP) is 4.47. The van der Waals surface area contributed by atoms with E-state index in [-0.39, 0.29) is 11.7 Å². The maximum Gasteiger partial charge on any atom is 0.227 e. The summed E-state index contributed by atoms with van der Waals surface area (Å²) in [6.07, 6.45) is 5.23. The molecule has 1 aromatic heterocycles. The van der Waals surface area contributed by atoms with Gasteiger partial charge in [0.1, 0.15) is 5.82 Å². The molecule has 2 heterocycles. The van der Waals surface area contributed by atoms with Crippen LogP contribution in [0.15, 0.2) is 54.7 Å². The minimum absolute atomic E-state index is 0.147. The van der Waals surface area contributed by atoms with Gasteiger partial charge in [0, 0.05) is 35.8 Å². The number of halogens is 1. The average molecular weight is 348 g/mol. The summed E-state index contributed by atoms with van der Waals surface area (Å²) < 4.78 is 13.6. The lowest BCUT2D eigenvalue weighted by molar-refractivity contribution is -0.130. The third-order valence-electron chi connectivity index (χ3n) is 5.03. The summed E-state index contributed by atoms with van der Waals surface area (Å²) in [5.74, 6) is -0.0845. The number of aromatic nitrogens is 1. The van der Waals surface area contributed by atoms with Gasteiger partial charge in [-0.1, -0.05) is 35.9 Å². The van der Waals surface area contributed by atoms with Crippen molar-refractivity contribution in [2.24, 2.45) is 0 Å². The number of aromatic amines is 1. The number of carbonyl (C=O) groups excluding carboxylic acids is 1. The molecule has 1 amide bonds. The van der Waals surface area contributed by atoms with Crippen LogP contribution in [0.1, 0.15) is 23.1 Å². The third kappa shape index (κ3) is 3.27. The molecule has 3 nitrogen and oxygen atoms in total. The maximum absolute atomic E-state index is 13.6. The van der Waals surface area contributed by atoms with E-state index in [1.807, 2.05) is 42.3 Å². The second-order valence-corrected chi connectivity index (χ2v) is 6.87. The molecular formula is C22H21FN2O. The van der Waals surface area contributed by atoms with Crippen molar-refractivity contribution in [2.45, 2.75) is 19.8 Å². The molecule has 3 aromatic rings. The number of amides is 1. The molecule has 1 aliphatic rings. The minimum atomic E-state index is -0.232. The smallest absolute Gasteiger partial charge is 0.227 e. The molecule has 0 bridgehead atoms. The van der Waals surface area contributed by atoms with E-state index in [4.69, 9.17) is 0 Å². The Morgan fingerprint density at radius 3 is 2.73 bits per heavy atom. The first kappa shape index (κ1) is 16.6. The molecule has 4 heteroatoms. The highest BCUT2D eigenvalue weighted by Crippen LogP contribution is 2.29. The molecule has 0 aliphatic carbocycles. The van der Waals surface area contributed by atoms with E-state index in [1.54, 1.807) is 12.1 Å². The lowest BCUT2D eigenvalue weighted by Gasteiger charge is -2.26. The van der Waals surface area contributed by atoms with Crippen LogP contribution in [0.4, 0.5) is 4.39 Å². The van der Waals surface area contributed by atoms with Gasteiger partial charge < -0.3 is 9.88 Å². The van der Waals surface area contributed by atoms with Crippen molar-refractivity contribution in [1.29, 1.82) is 0 Å². The Morgan fingerprint density at radius 1 is 1.19 bits per heavy atom. The predicted molar refractivity (Wildman–Crippen MR) is 102 cm³/mol. The highest BCUT2D eigenvalue weighted by Gasteiger charge is 2.19. The van der Waals surface area contributed by atoms with Gasteiger partial charge in [0.15, 0.2) is 0 Å². The van der Waals surface area contributed by atoms with E-state index in [2.05, 4.69) is 11.1 Å². The van der Waals surface area contributed by atoms with Gasteiger partial charge in [0.05, 0.1) is 6.42 Å². The van der Waals surface area contributed by atoms with Crippen molar-refractivity contribution in [3.05, 3.63) is 77.2 Å². The number of carbonyl (C=O) groups is 1. The Kier molecular flexibility index (Phi) is 4.33. The van der Waals surface area contributed by atoms with Gasteiger partial charge in [-0.05, 0) is 42.7 Å². The molecule has 2 aromatic carbocycles. The lowest BCUT2D eigenvalue weighted by Crippen LogP contribution is -2.35. The van der Waals surface area contributed by atoms with Gasteiger partial charge in [0.25, 0.3) is 0 Å². The Morgan fingerprint density at radius 2 is 2.00 bits per heavy atom. The summed E-state index contributed by atoms with van der Waals surface area (Å²) in [5, 5.41) is 0.899. The third-order valence-corrected chi connectivity index (χ3v) is 5.03. The van der Waals surface area contributed by atoms with Crippen molar-refractivity contribution in [3.63, 3.8) is 0 Å². The van der Waals surface area contributed by atoms with E-state index in [9.17, 15) is 9.18 Å². The fourth-order valence-electron chi connectivity index (χ4n) is 3.49. The number of hydrogen-bond donors (Lipinski definition) is 1. The molecule has 1 N–H and O–H groups in total. The SMILES string of the molecule is Cc1ccc(CC(=O)N2CC=C(c3c[nH]c4ccc(F)cc34)CC2)cc1. The zero-order chi connectivity index (χ0) is 18.1. The number of hydrogen-bond acceptors (Lipinski definition) is 1. The summed E-state index contributed by atoms with van der Waals surface area (Å²) in [6, 6.07) is 12.9. The Hall–Kier alpha value is -2.88. The topological polar surface area (TPSA) is 36.1 Å². The van der Waals surface area contributed by atoms with Gasteiger partial charge >= 0.3 is 0 Å². The largest absolute Gasteiger partial charge is 0.361 e. The van der Waals surface area contributed by atoms with E-state index in [1.165, 1.54) is 17.2 Å². The summed E-state index contributed by atoms with van der Waals surface area (Å²) in [5.41, 5.74) is 5.37. The molecular weight excluding hydrogens is 327 g/mol. The molecule has 0 spiro atoms. The average Bonchev–Trinajstić information content (AvgIpc) is 3.06. The first-order chi connectivity index (χ1) is 12.6. The van der Waals surface area contributed by atoms with Crippen LogP contribution in [0, 0.1) is 12.7 Å². The quantitative estimate of drug-likeness (QED) is 0.745. The maximum atomic E-state index is 13.6. The highest BCUT2D eigenvalue weighted by molar-refractivity contribution is 5.93. The number of fused-ring (bicyclic) bond motifs is 1. The van der Waals surface area contributed by atoms with Gasteiger partial charge in [0.2, 0.25) is 5.91 Å². The van der Waals surface area contributed by atoms with Crippen molar-refractivity contribution in [3.8, 4) is 0 Å². The standard InChI is InChI=1S/C22H21FN2O/c1-15-2-4-16(5-3-15)12-22(26)25-10-8-17(9-11-25)20-14-24-21-7-6-18(23)13-19(20)21/h2-8,13-14,24H,9-12H2,1H3. The molecule has 0 unspecified atom stereocenters. The van der Waals surface area contributed by atoms with Crippen molar-refractivity contribution < 1.29 is 9.18 Å². The normalized spacial score (nSPS) is 14.5. The number of nitrogens with one attached hydrogen (secondary N) is 1. The molecule has 0 saturated carbocycles. The Labute approximate surface area is 152 Å². The molecule has 0 atom stereocenters. The van der Waals surface area contributed by atoms with Crippen LogP contribution >= 0.6 is 0 Å². The highest BCUT2D eigenvalue weighted by atomic mass is 19.1. The van der Waals surface area contributed by atoms with Crippen LogP contribution < -0.4 is 0 Å². The van der Waals surface area contributed by atoms with Crippen molar-refractivity contribution >= 4 is 22.4 Å². The number of aryl methyl sites for hydroxylation is 1. The lowest BCUT2D eigenvalue weighted by atomic mass is 9.98. The number of rotatable bonds is 3. The second kappa shape index (κ2) is 6.79. The van der Waals surface area contributed by atoms with Crippen LogP contribution in [-0.4, -0.2) is 28.9 Å². The fraction of sp³-hybridized carbons (Fsp3) is 0.227. The molecule has 1 aliphatic heterocycles. The summed E-state index contributed by atoms with van der Waals surface area (Å²) in [6.45, 7) is 3.33.